The monoisotopic (exact) mass is 430 g/mol. The van der Waals surface area contributed by atoms with Gasteiger partial charge in [-0.3, -0.25) is 10.1 Å². The van der Waals surface area contributed by atoms with Crippen molar-refractivity contribution in [1.29, 1.82) is 0 Å². The standard InChI is InChI=1S/C22H18N6O4/c1-32-22(29)18-7-4-8-19(28(30)31)20(18)23-13-14-9-11-15(12-10-14)16-5-2-3-6-17(16)21-24-26-27-25-21/h2-12,23H,13H2,1H3,(H,24,25,26,27). The molecule has 0 aliphatic heterocycles. The van der Waals surface area contributed by atoms with Crippen LogP contribution in [0.3, 0.4) is 0 Å². The molecule has 0 aliphatic rings. The van der Waals surface area contributed by atoms with E-state index in [1.165, 1.54) is 25.3 Å². The summed E-state index contributed by atoms with van der Waals surface area (Å²) in [4.78, 5) is 22.9. The molecule has 2 N–H and O–H groups in total. The molecule has 0 saturated heterocycles. The number of carbonyl (C=O) groups is 1. The number of methoxy groups -OCH3 is 1. The molecule has 0 atom stereocenters. The van der Waals surface area contributed by atoms with Crippen LogP contribution in [0.15, 0.2) is 66.7 Å². The van der Waals surface area contributed by atoms with E-state index in [9.17, 15) is 14.9 Å². The lowest BCUT2D eigenvalue weighted by Crippen LogP contribution is -2.10. The summed E-state index contributed by atoms with van der Waals surface area (Å²) in [6.45, 7) is 0.279. The number of anilines is 1. The van der Waals surface area contributed by atoms with Crippen LogP contribution in [0.25, 0.3) is 22.5 Å². The number of nitrogens with zero attached hydrogens (tertiary/aromatic N) is 4. The molecule has 1 heterocycles. The van der Waals surface area contributed by atoms with Gasteiger partial charge >= 0.3 is 5.97 Å². The third-order valence-electron chi connectivity index (χ3n) is 4.89. The zero-order valence-corrected chi connectivity index (χ0v) is 17.0. The first-order chi connectivity index (χ1) is 15.6. The van der Waals surface area contributed by atoms with Crippen molar-refractivity contribution in [1.82, 2.24) is 20.6 Å². The highest BCUT2D eigenvalue weighted by Crippen LogP contribution is 2.31. The quantitative estimate of drug-likeness (QED) is 0.256. The first-order valence-corrected chi connectivity index (χ1v) is 9.60. The maximum Gasteiger partial charge on any atom is 0.340 e. The fourth-order valence-corrected chi connectivity index (χ4v) is 3.36. The van der Waals surface area contributed by atoms with Crippen molar-refractivity contribution in [3.8, 4) is 22.5 Å². The summed E-state index contributed by atoms with van der Waals surface area (Å²) >= 11 is 0. The van der Waals surface area contributed by atoms with Crippen LogP contribution in [0.2, 0.25) is 0 Å². The minimum atomic E-state index is -0.648. The van der Waals surface area contributed by atoms with E-state index < -0.39 is 10.9 Å². The van der Waals surface area contributed by atoms with E-state index in [4.69, 9.17) is 4.74 Å². The van der Waals surface area contributed by atoms with Crippen molar-refractivity contribution in [2.45, 2.75) is 6.54 Å². The Bertz CT molecular complexity index is 1260. The minimum absolute atomic E-state index is 0.104. The largest absolute Gasteiger partial charge is 0.465 e. The molecule has 0 spiro atoms. The summed E-state index contributed by atoms with van der Waals surface area (Å²) in [5, 5.41) is 28.6. The molecule has 0 saturated carbocycles. The van der Waals surface area contributed by atoms with E-state index in [1.807, 2.05) is 48.5 Å². The Balaban J connectivity index is 1.58. The number of tetrazole rings is 1. The molecule has 32 heavy (non-hydrogen) atoms. The summed E-state index contributed by atoms with van der Waals surface area (Å²) in [5.41, 5.74) is 3.64. The maximum absolute atomic E-state index is 12.0. The highest BCUT2D eigenvalue weighted by molar-refractivity contribution is 5.98. The van der Waals surface area contributed by atoms with Gasteiger partial charge in [-0.1, -0.05) is 54.6 Å². The predicted octanol–water partition coefficient (Wildman–Crippen LogP) is 3.84. The van der Waals surface area contributed by atoms with Crippen molar-refractivity contribution in [3.05, 3.63) is 88.0 Å². The van der Waals surface area contributed by atoms with Gasteiger partial charge in [-0.05, 0) is 28.0 Å². The zero-order valence-electron chi connectivity index (χ0n) is 17.0. The molecule has 160 valence electrons. The molecule has 0 amide bonds. The summed E-state index contributed by atoms with van der Waals surface area (Å²) in [6, 6.07) is 19.7. The SMILES string of the molecule is COC(=O)c1cccc([N+](=O)[O-])c1NCc1ccc(-c2ccccc2-c2nn[nH]n2)cc1. The topological polar surface area (TPSA) is 136 Å². The van der Waals surface area contributed by atoms with Crippen molar-refractivity contribution in [2.24, 2.45) is 0 Å². The van der Waals surface area contributed by atoms with Crippen molar-refractivity contribution >= 4 is 17.3 Å². The van der Waals surface area contributed by atoms with Gasteiger partial charge in [-0.2, -0.15) is 5.21 Å². The molecule has 10 heteroatoms. The Labute approximate surface area is 182 Å². The van der Waals surface area contributed by atoms with E-state index in [-0.39, 0.29) is 23.5 Å². The molecule has 0 unspecified atom stereocenters. The lowest BCUT2D eigenvalue weighted by atomic mass is 9.98. The van der Waals surface area contributed by atoms with Gasteiger partial charge in [0.2, 0.25) is 5.82 Å². The first-order valence-electron chi connectivity index (χ1n) is 9.60. The number of benzene rings is 3. The lowest BCUT2D eigenvalue weighted by molar-refractivity contribution is -0.384. The number of aromatic amines is 1. The predicted molar refractivity (Wildman–Crippen MR) is 117 cm³/mol. The highest BCUT2D eigenvalue weighted by Gasteiger charge is 2.22. The van der Waals surface area contributed by atoms with Crippen molar-refractivity contribution < 1.29 is 14.5 Å². The summed E-state index contributed by atoms with van der Waals surface area (Å²) in [6.07, 6.45) is 0. The smallest absolute Gasteiger partial charge is 0.340 e. The number of esters is 1. The molecule has 1 aromatic heterocycles. The fourth-order valence-electron chi connectivity index (χ4n) is 3.36. The zero-order chi connectivity index (χ0) is 22.5. The summed E-state index contributed by atoms with van der Waals surface area (Å²) < 4.78 is 4.75. The second-order valence-corrected chi connectivity index (χ2v) is 6.78. The van der Waals surface area contributed by atoms with Crippen LogP contribution < -0.4 is 5.32 Å². The van der Waals surface area contributed by atoms with E-state index in [2.05, 4.69) is 25.9 Å². The number of ether oxygens (including phenoxy) is 1. The molecule has 0 aliphatic carbocycles. The fraction of sp³-hybridized carbons (Fsp3) is 0.0909. The Hall–Kier alpha value is -4.60. The van der Waals surface area contributed by atoms with Crippen molar-refractivity contribution in [3.63, 3.8) is 0 Å². The van der Waals surface area contributed by atoms with Crippen LogP contribution in [-0.2, 0) is 11.3 Å². The van der Waals surface area contributed by atoms with Gasteiger partial charge < -0.3 is 10.1 Å². The van der Waals surface area contributed by atoms with E-state index in [0.717, 1.165) is 22.3 Å². The molecule has 4 rings (SSSR count). The summed E-state index contributed by atoms with van der Waals surface area (Å²) in [5.74, 6) is -0.150. The molecular weight excluding hydrogens is 412 g/mol. The molecular formula is C22H18N6O4. The number of hydrogen-bond donors (Lipinski definition) is 2. The normalized spacial score (nSPS) is 10.5. The minimum Gasteiger partial charge on any atom is -0.465 e. The van der Waals surface area contributed by atoms with E-state index in [1.54, 1.807) is 0 Å². The number of rotatable bonds is 7. The van der Waals surface area contributed by atoms with Crippen LogP contribution >= 0.6 is 0 Å². The number of nitro groups is 1. The molecule has 3 aromatic carbocycles. The average molecular weight is 430 g/mol. The summed E-state index contributed by atoms with van der Waals surface area (Å²) in [7, 11) is 1.23. The van der Waals surface area contributed by atoms with Gasteiger partial charge in [0.25, 0.3) is 5.69 Å². The Morgan fingerprint density at radius 1 is 1.06 bits per heavy atom. The molecule has 0 bridgehead atoms. The Morgan fingerprint density at radius 3 is 2.47 bits per heavy atom. The van der Waals surface area contributed by atoms with Crippen LogP contribution in [0.5, 0.6) is 0 Å². The van der Waals surface area contributed by atoms with Crippen LogP contribution in [-0.4, -0.2) is 38.6 Å². The van der Waals surface area contributed by atoms with Crippen LogP contribution in [0.1, 0.15) is 15.9 Å². The number of nitrogens with one attached hydrogen (secondary N) is 2. The Kier molecular flexibility index (Phi) is 5.84. The number of carbonyl (C=O) groups excluding carboxylic acids is 1. The van der Waals surface area contributed by atoms with Gasteiger partial charge in [0, 0.05) is 18.2 Å². The van der Waals surface area contributed by atoms with Gasteiger partial charge in [-0.25, -0.2) is 4.79 Å². The van der Waals surface area contributed by atoms with Gasteiger partial charge in [0.1, 0.15) is 5.69 Å². The number of H-pyrrole nitrogens is 1. The molecule has 0 fully saturated rings. The van der Waals surface area contributed by atoms with Crippen LogP contribution in [0, 0.1) is 10.1 Å². The van der Waals surface area contributed by atoms with Crippen molar-refractivity contribution in [2.75, 3.05) is 12.4 Å². The third kappa shape index (κ3) is 4.15. The average Bonchev–Trinajstić information content (AvgIpc) is 3.37. The lowest BCUT2D eigenvalue weighted by Gasteiger charge is -2.12. The van der Waals surface area contributed by atoms with E-state index >= 15 is 0 Å². The second kappa shape index (κ2) is 9.04. The number of nitro benzene ring substituents is 1. The Morgan fingerprint density at radius 2 is 1.81 bits per heavy atom. The molecule has 10 nitrogen and oxygen atoms in total. The highest BCUT2D eigenvalue weighted by atomic mass is 16.6. The second-order valence-electron chi connectivity index (χ2n) is 6.78. The number of aromatic nitrogens is 4. The number of para-hydroxylation sites is 1. The van der Waals surface area contributed by atoms with Crippen LogP contribution in [0.4, 0.5) is 11.4 Å². The number of hydrogen-bond acceptors (Lipinski definition) is 8. The molecule has 0 radical (unpaired) electrons. The van der Waals surface area contributed by atoms with Gasteiger partial charge in [0.15, 0.2) is 0 Å². The maximum atomic E-state index is 12.0. The first kappa shape index (κ1) is 20.7. The van der Waals surface area contributed by atoms with E-state index in [0.29, 0.717) is 5.82 Å². The molecule has 4 aromatic rings. The van der Waals surface area contributed by atoms with Gasteiger partial charge in [0.05, 0.1) is 17.6 Å². The third-order valence-corrected chi connectivity index (χ3v) is 4.89. The van der Waals surface area contributed by atoms with Gasteiger partial charge in [-0.15, -0.1) is 10.2 Å².